The minimum absolute atomic E-state index is 0.00518. The molecule has 4 aromatic rings. The fourth-order valence-corrected chi connectivity index (χ4v) is 8.56. The molecule has 50 heavy (non-hydrogen) atoms. The van der Waals surface area contributed by atoms with Crippen LogP contribution in [0.3, 0.4) is 0 Å². The highest BCUT2D eigenvalue weighted by molar-refractivity contribution is 9.10. The number of benzene rings is 4. The number of carbonyl (C=O) groups is 2. The third-order valence-electron chi connectivity index (χ3n) is 8.87. The average molecular weight is 802 g/mol. The van der Waals surface area contributed by atoms with Crippen LogP contribution in [0.1, 0.15) is 48.8 Å². The van der Waals surface area contributed by atoms with E-state index in [0.717, 1.165) is 47.5 Å². The van der Waals surface area contributed by atoms with E-state index in [-0.39, 0.29) is 29.8 Å². The number of halogens is 3. The monoisotopic (exact) mass is 799 g/mol. The number of nitrogens with one attached hydrogen (secondary N) is 1. The van der Waals surface area contributed by atoms with Crippen molar-refractivity contribution in [3.63, 3.8) is 0 Å². The maximum absolute atomic E-state index is 14.8. The molecule has 1 atom stereocenters. The van der Waals surface area contributed by atoms with Gasteiger partial charge < -0.3 is 15.0 Å². The van der Waals surface area contributed by atoms with E-state index in [0.29, 0.717) is 31.5 Å². The van der Waals surface area contributed by atoms with Gasteiger partial charge in [0.05, 0.1) is 32.2 Å². The van der Waals surface area contributed by atoms with Crippen molar-refractivity contribution in [2.24, 2.45) is 0 Å². The van der Waals surface area contributed by atoms with Crippen LogP contribution in [0.4, 0.5) is 5.69 Å². The van der Waals surface area contributed by atoms with Crippen LogP contribution in [0, 0.1) is 6.92 Å². The molecule has 0 aliphatic heterocycles. The molecule has 264 valence electrons. The van der Waals surface area contributed by atoms with E-state index in [9.17, 15) is 18.0 Å². The van der Waals surface area contributed by atoms with Crippen LogP contribution in [0.15, 0.2) is 100 Å². The van der Waals surface area contributed by atoms with Crippen molar-refractivity contribution in [1.82, 2.24) is 10.2 Å². The fourth-order valence-electron chi connectivity index (χ4n) is 6.11. The quantitative estimate of drug-likeness (QED) is 0.147. The minimum atomic E-state index is -4.29. The lowest BCUT2D eigenvalue weighted by atomic mass is 9.94. The molecular weight excluding hydrogens is 761 g/mol. The second-order valence-electron chi connectivity index (χ2n) is 12.5. The zero-order chi connectivity index (χ0) is 35.8. The number of aryl methyl sites for hydroxylation is 1. The summed E-state index contributed by atoms with van der Waals surface area (Å²) in [7, 11) is -2.80. The molecule has 12 heteroatoms. The van der Waals surface area contributed by atoms with E-state index < -0.39 is 28.5 Å². The Balaban J connectivity index is 1.58. The first-order chi connectivity index (χ1) is 24.0. The van der Waals surface area contributed by atoms with Gasteiger partial charge in [0.25, 0.3) is 10.0 Å². The molecule has 1 fully saturated rings. The Morgan fingerprint density at radius 3 is 2.24 bits per heavy atom. The number of hydrogen-bond acceptors (Lipinski definition) is 5. The van der Waals surface area contributed by atoms with Gasteiger partial charge >= 0.3 is 0 Å². The van der Waals surface area contributed by atoms with E-state index in [2.05, 4.69) is 21.2 Å². The highest BCUT2D eigenvalue weighted by Crippen LogP contribution is 2.32. The van der Waals surface area contributed by atoms with Gasteiger partial charge in [0, 0.05) is 19.0 Å². The van der Waals surface area contributed by atoms with Gasteiger partial charge in [-0.15, -0.1) is 0 Å². The summed E-state index contributed by atoms with van der Waals surface area (Å²) in [4.78, 5) is 30.5. The summed E-state index contributed by atoms with van der Waals surface area (Å²) in [6.45, 7) is 1.31. The van der Waals surface area contributed by atoms with E-state index >= 15 is 0 Å². The number of methoxy groups -OCH3 is 1. The first-order valence-electron chi connectivity index (χ1n) is 16.5. The third kappa shape index (κ3) is 9.40. The number of anilines is 1. The normalized spacial score (nSPS) is 14.1. The molecular formula is C38H40BrCl2N3O5S. The van der Waals surface area contributed by atoms with Gasteiger partial charge in [-0.1, -0.05) is 96.6 Å². The van der Waals surface area contributed by atoms with Crippen molar-refractivity contribution < 1.29 is 22.7 Å². The molecule has 2 amide bonds. The zero-order valence-corrected chi connectivity index (χ0v) is 31.9. The first kappa shape index (κ1) is 37.7. The maximum atomic E-state index is 14.8. The number of nitrogens with zero attached hydrogens (tertiary/aromatic N) is 2. The van der Waals surface area contributed by atoms with E-state index in [1.54, 1.807) is 48.5 Å². The zero-order valence-electron chi connectivity index (χ0n) is 27.9. The molecule has 0 aromatic heterocycles. The van der Waals surface area contributed by atoms with Crippen molar-refractivity contribution in [2.75, 3.05) is 18.0 Å². The van der Waals surface area contributed by atoms with Crippen LogP contribution in [0.25, 0.3) is 0 Å². The lowest BCUT2D eigenvalue weighted by Gasteiger charge is -2.35. The van der Waals surface area contributed by atoms with Crippen molar-refractivity contribution in [3.05, 3.63) is 122 Å². The minimum Gasteiger partial charge on any atom is -0.496 e. The van der Waals surface area contributed by atoms with Crippen molar-refractivity contribution >= 4 is 66.7 Å². The van der Waals surface area contributed by atoms with Crippen LogP contribution in [-0.4, -0.2) is 50.9 Å². The molecule has 0 unspecified atom stereocenters. The standard InChI is InChI=1S/C38H40BrCl2N3O5S/c1-26-13-16-30(17-14-26)44(50(47,48)31-18-20-36(49-2)32(39)23-31)25-37(45)43(24-28-15-19-33(40)34(41)21-28)35(22-27-9-5-3-6-10-27)38(46)42-29-11-7-4-8-12-29/h3,5-6,9-10,13-21,23,29,35H,4,7-8,11-12,22,24-25H2,1-2H3,(H,42,46)/t35-/m1/s1. The van der Waals surface area contributed by atoms with Crippen LogP contribution >= 0.6 is 39.1 Å². The van der Waals surface area contributed by atoms with Crippen LogP contribution in [0.5, 0.6) is 5.75 Å². The van der Waals surface area contributed by atoms with Gasteiger partial charge in [-0.2, -0.15) is 0 Å². The summed E-state index contributed by atoms with van der Waals surface area (Å²) in [6, 6.07) is 24.9. The predicted octanol–water partition coefficient (Wildman–Crippen LogP) is 8.36. The second kappa shape index (κ2) is 17.1. The SMILES string of the molecule is COc1ccc(S(=O)(=O)N(CC(=O)N(Cc2ccc(Cl)c(Cl)c2)[C@H](Cc2ccccc2)C(=O)NC2CCCCC2)c2ccc(C)cc2)cc1Br. The molecule has 4 aromatic carbocycles. The number of ether oxygens (including phenoxy) is 1. The average Bonchev–Trinajstić information content (AvgIpc) is 3.11. The summed E-state index contributed by atoms with van der Waals surface area (Å²) in [5.74, 6) is -0.395. The lowest BCUT2D eigenvalue weighted by Crippen LogP contribution is -2.55. The number of hydrogen-bond donors (Lipinski definition) is 1. The fraction of sp³-hybridized carbons (Fsp3) is 0.316. The summed E-state index contributed by atoms with van der Waals surface area (Å²) in [5, 5.41) is 3.87. The molecule has 0 spiro atoms. The molecule has 1 aliphatic carbocycles. The first-order valence-corrected chi connectivity index (χ1v) is 19.5. The molecule has 1 saturated carbocycles. The molecule has 8 nitrogen and oxygen atoms in total. The summed E-state index contributed by atoms with van der Waals surface area (Å²) in [5.41, 5.74) is 2.72. The summed E-state index contributed by atoms with van der Waals surface area (Å²) < 4.78 is 35.7. The Morgan fingerprint density at radius 2 is 1.60 bits per heavy atom. The van der Waals surface area contributed by atoms with Gasteiger partial charge in [0.1, 0.15) is 18.3 Å². The molecule has 0 bridgehead atoms. The highest BCUT2D eigenvalue weighted by Gasteiger charge is 2.35. The third-order valence-corrected chi connectivity index (χ3v) is 12.0. The van der Waals surface area contributed by atoms with Crippen molar-refractivity contribution in [1.29, 1.82) is 0 Å². The van der Waals surface area contributed by atoms with Crippen LogP contribution in [0.2, 0.25) is 10.0 Å². The van der Waals surface area contributed by atoms with Crippen LogP contribution < -0.4 is 14.4 Å². The summed E-state index contributed by atoms with van der Waals surface area (Å²) >= 11 is 16.0. The molecule has 1 N–H and O–H groups in total. The topological polar surface area (TPSA) is 96.0 Å². The Bertz CT molecular complexity index is 1910. The summed E-state index contributed by atoms with van der Waals surface area (Å²) in [6.07, 6.45) is 5.10. The van der Waals surface area contributed by atoms with Gasteiger partial charge in [-0.05, 0) is 89.3 Å². The number of amides is 2. The lowest BCUT2D eigenvalue weighted by molar-refractivity contribution is -0.140. The largest absolute Gasteiger partial charge is 0.496 e. The van der Waals surface area contributed by atoms with Gasteiger partial charge in [0.2, 0.25) is 11.8 Å². The number of carbonyl (C=O) groups excluding carboxylic acids is 2. The molecule has 5 rings (SSSR count). The van der Waals surface area contributed by atoms with Crippen molar-refractivity contribution in [3.8, 4) is 5.75 Å². The van der Waals surface area contributed by atoms with Crippen LogP contribution in [-0.2, 0) is 32.6 Å². The van der Waals surface area contributed by atoms with Gasteiger partial charge in [0.15, 0.2) is 0 Å². The number of rotatable bonds is 13. The number of sulfonamides is 1. The Labute approximate surface area is 312 Å². The molecule has 0 saturated heterocycles. The second-order valence-corrected chi connectivity index (χ2v) is 16.0. The smallest absolute Gasteiger partial charge is 0.264 e. The molecule has 1 aliphatic rings. The predicted molar refractivity (Wildman–Crippen MR) is 202 cm³/mol. The van der Waals surface area contributed by atoms with E-state index in [1.165, 1.54) is 24.1 Å². The highest BCUT2D eigenvalue weighted by atomic mass is 79.9. The van der Waals surface area contributed by atoms with Gasteiger partial charge in [-0.25, -0.2) is 8.42 Å². The Morgan fingerprint density at radius 1 is 0.900 bits per heavy atom. The van der Waals surface area contributed by atoms with E-state index in [4.69, 9.17) is 27.9 Å². The maximum Gasteiger partial charge on any atom is 0.264 e. The molecule has 0 heterocycles. The Hall–Kier alpha value is -3.57. The van der Waals surface area contributed by atoms with Gasteiger partial charge in [-0.3, -0.25) is 13.9 Å². The van der Waals surface area contributed by atoms with Crippen molar-refractivity contribution in [2.45, 2.75) is 69.0 Å². The molecule has 0 radical (unpaired) electrons. The Kier molecular flexibility index (Phi) is 12.9. The van der Waals surface area contributed by atoms with E-state index in [1.807, 2.05) is 37.3 Å².